The highest BCUT2D eigenvalue weighted by atomic mass is 32.1. The number of aliphatic hydroxyl groups excluding tert-OH is 1. The number of nitrogens with one attached hydrogen (secondary N) is 1. The maximum absolute atomic E-state index is 11.9. The zero-order chi connectivity index (χ0) is 14.9. The van der Waals surface area contributed by atoms with Gasteiger partial charge in [-0.1, -0.05) is 11.8 Å². The van der Waals surface area contributed by atoms with Crippen LogP contribution in [0.25, 0.3) is 0 Å². The minimum Gasteiger partial charge on any atom is -0.395 e. The van der Waals surface area contributed by atoms with Crippen molar-refractivity contribution in [1.82, 2.24) is 15.1 Å². The average Bonchev–Trinajstić information content (AvgIpc) is 3.15. The molecule has 5 nitrogen and oxygen atoms in total. The van der Waals surface area contributed by atoms with E-state index in [0.29, 0.717) is 18.5 Å². The number of amides is 1. The molecule has 2 heterocycles. The van der Waals surface area contributed by atoms with E-state index < -0.39 is 0 Å². The first-order valence-corrected chi connectivity index (χ1v) is 7.61. The lowest BCUT2D eigenvalue weighted by molar-refractivity contribution is 0.0953. The Hall–Kier alpha value is -2.10. The summed E-state index contributed by atoms with van der Waals surface area (Å²) in [5, 5.41) is 17.4. The molecule has 0 saturated carbocycles. The highest BCUT2D eigenvalue weighted by molar-refractivity contribution is 7.10. The number of aliphatic hydroxyl groups is 1. The van der Waals surface area contributed by atoms with Crippen LogP contribution in [0.3, 0.4) is 0 Å². The highest BCUT2D eigenvalue weighted by Crippen LogP contribution is 2.13. The van der Waals surface area contributed by atoms with Crippen LogP contribution in [0.4, 0.5) is 0 Å². The number of nitrogens with zero attached hydrogens (tertiary/aromatic N) is 2. The fourth-order valence-electron chi connectivity index (χ4n) is 1.70. The second-order valence-corrected chi connectivity index (χ2v) is 5.26. The van der Waals surface area contributed by atoms with E-state index in [-0.39, 0.29) is 12.5 Å². The lowest BCUT2D eigenvalue weighted by Crippen LogP contribution is -2.24. The number of rotatable bonds is 6. The molecular weight excluding hydrogens is 286 g/mol. The summed E-state index contributed by atoms with van der Waals surface area (Å²) in [4.78, 5) is 12.8. The largest absolute Gasteiger partial charge is 0.395 e. The van der Waals surface area contributed by atoms with Gasteiger partial charge < -0.3 is 10.4 Å². The minimum absolute atomic E-state index is 0.0575. The van der Waals surface area contributed by atoms with Crippen LogP contribution in [0.15, 0.2) is 29.9 Å². The van der Waals surface area contributed by atoms with Crippen LogP contribution in [-0.2, 0) is 6.54 Å². The molecular formula is C15H17N3O2S. The van der Waals surface area contributed by atoms with Crippen molar-refractivity contribution in [3.05, 3.63) is 40.3 Å². The molecule has 0 saturated heterocycles. The molecule has 1 amide bonds. The molecule has 0 spiro atoms. The third-order valence-electron chi connectivity index (χ3n) is 2.72. The maximum atomic E-state index is 11.9. The number of thiophene rings is 1. The van der Waals surface area contributed by atoms with Gasteiger partial charge in [0.1, 0.15) is 0 Å². The molecule has 2 rings (SSSR count). The van der Waals surface area contributed by atoms with Crippen molar-refractivity contribution >= 4 is 17.2 Å². The van der Waals surface area contributed by atoms with E-state index in [1.165, 1.54) is 11.3 Å². The molecule has 0 radical (unpaired) electrons. The van der Waals surface area contributed by atoms with E-state index in [1.54, 1.807) is 17.6 Å². The van der Waals surface area contributed by atoms with Crippen molar-refractivity contribution in [3.63, 3.8) is 0 Å². The van der Waals surface area contributed by atoms with Crippen LogP contribution in [-0.4, -0.2) is 33.9 Å². The number of carbonyl (C=O) groups excluding carboxylic acids is 1. The van der Waals surface area contributed by atoms with Gasteiger partial charge in [-0.05, 0) is 18.6 Å². The van der Waals surface area contributed by atoms with Crippen molar-refractivity contribution in [1.29, 1.82) is 0 Å². The smallest absolute Gasteiger partial charge is 0.252 e. The van der Waals surface area contributed by atoms with Crippen LogP contribution in [0.2, 0.25) is 0 Å². The molecule has 110 valence electrons. The Balaban J connectivity index is 1.74. The van der Waals surface area contributed by atoms with Gasteiger partial charge in [-0.3, -0.25) is 9.48 Å². The van der Waals surface area contributed by atoms with Crippen LogP contribution in [0.5, 0.6) is 0 Å². The minimum atomic E-state index is -0.0816. The summed E-state index contributed by atoms with van der Waals surface area (Å²) in [5.41, 5.74) is 0.632. The summed E-state index contributed by atoms with van der Waals surface area (Å²) in [6.45, 7) is 1.46. The Morgan fingerprint density at radius 2 is 2.43 bits per heavy atom. The Labute approximate surface area is 127 Å². The van der Waals surface area contributed by atoms with Gasteiger partial charge in [0.05, 0.1) is 17.0 Å². The number of hydrogen-bond acceptors (Lipinski definition) is 4. The van der Waals surface area contributed by atoms with E-state index >= 15 is 0 Å². The Morgan fingerprint density at radius 3 is 3.19 bits per heavy atom. The molecule has 2 N–H and O–H groups in total. The van der Waals surface area contributed by atoms with E-state index in [1.807, 2.05) is 16.9 Å². The van der Waals surface area contributed by atoms with Gasteiger partial charge in [-0.15, -0.1) is 11.3 Å². The second-order valence-electron chi connectivity index (χ2n) is 4.35. The van der Waals surface area contributed by atoms with Gasteiger partial charge in [-0.2, -0.15) is 5.10 Å². The molecule has 6 heteroatoms. The average molecular weight is 303 g/mol. The summed E-state index contributed by atoms with van der Waals surface area (Å²) in [6, 6.07) is 3.65. The first kappa shape index (κ1) is 15.3. The van der Waals surface area contributed by atoms with Crippen LogP contribution >= 0.6 is 11.3 Å². The van der Waals surface area contributed by atoms with Gasteiger partial charge in [0.15, 0.2) is 0 Å². The Morgan fingerprint density at radius 1 is 1.52 bits per heavy atom. The van der Waals surface area contributed by atoms with Gasteiger partial charge in [0.25, 0.3) is 5.91 Å². The normalized spacial score (nSPS) is 9.95. The zero-order valence-electron chi connectivity index (χ0n) is 11.6. The molecule has 21 heavy (non-hydrogen) atoms. The first-order chi connectivity index (χ1) is 10.3. The fraction of sp³-hybridized carbons (Fsp3) is 0.333. The quantitative estimate of drug-likeness (QED) is 0.628. The fourth-order valence-corrected chi connectivity index (χ4v) is 2.46. The van der Waals surface area contributed by atoms with E-state index in [2.05, 4.69) is 22.3 Å². The summed E-state index contributed by atoms with van der Waals surface area (Å²) >= 11 is 1.44. The van der Waals surface area contributed by atoms with Crippen molar-refractivity contribution in [3.8, 4) is 11.8 Å². The van der Waals surface area contributed by atoms with Crippen LogP contribution < -0.4 is 5.32 Å². The first-order valence-electron chi connectivity index (χ1n) is 6.73. The SMILES string of the molecule is O=C(NCCCn1cccn1)c1csc(C#CCCO)c1. The van der Waals surface area contributed by atoms with E-state index in [4.69, 9.17) is 5.11 Å². The van der Waals surface area contributed by atoms with Crippen LogP contribution in [0, 0.1) is 11.8 Å². The molecule has 0 aliphatic heterocycles. The topological polar surface area (TPSA) is 67.2 Å². The molecule has 0 aromatic carbocycles. The molecule has 0 aliphatic carbocycles. The lowest BCUT2D eigenvalue weighted by atomic mass is 10.3. The summed E-state index contributed by atoms with van der Waals surface area (Å²) in [6.07, 6.45) is 4.93. The predicted octanol–water partition coefficient (Wildman–Crippen LogP) is 1.50. The van der Waals surface area contributed by atoms with E-state index in [0.717, 1.165) is 17.8 Å². The van der Waals surface area contributed by atoms with Crippen molar-refractivity contribution in [2.45, 2.75) is 19.4 Å². The number of hydrogen-bond donors (Lipinski definition) is 2. The molecule has 0 aliphatic rings. The molecule has 2 aromatic heterocycles. The van der Waals surface area contributed by atoms with Crippen LogP contribution in [0.1, 0.15) is 28.1 Å². The van der Waals surface area contributed by atoms with Crippen molar-refractivity contribution < 1.29 is 9.90 Å². The van der Waals surface area contributed by atoms with Gasteiger partial charge in [-0.25, -0.2) is 0 Å². The third kappa shape index (κ3) is 5.06. The summed E-state index contributed by atoms with van der Waals surface area (Å²) in [5.74, 6) is 5.68. The van der Waals surface area contributed by atoms with Gasteiger partial charge >= 0.3 is 0 Å². The maximum Gasteiger partial charge on any atom is 0.252 e. The standard InChI is InChI=1S/C15H17N3O2S/c19-10-2-1-5-14-11-13(12-21-14)15(20)16-6-3-8-18-9-4-7-17-18/h4,7,9,11-12,19H,2-3,6,8,10H2,(H,16,20). The number of aryl methyl sites for hydroxylation is 1. The molecule has 0 unspecified atom stereocenters. The second kappa shape index (κ2) is 8.25. The van der Waals surface area contributed by atoms with E-state index in [9.17, 15) is 4.79 Å². The highest BCUT2D eigenvalue weighted by Gasteiger charge is 2.07. The molecule has 2 aromatic rings. The Kier molecular flexibility index (Phi) is 6.00. The number of carbonyl (C=O) groups is 1. The van der Waals surface area contributed by atoms with Gasteiger partial charge in [0, 0.05) is 37.3 Å². The predicted molar refractivity (Wildman–Crippen MR) is 82.1 cm³/mol. The number of aromatic nitrogens is 2. The monoisotopic (exact) mass is 303 g/mol. The molecule has 0 fully saturated rings. The third-order valence-corrected chi connectivity index (χ3v) is 3.56. The lowest BCUT2D eigenvalue weighted by Gasteiger charge is -2.03. The summed E-state index contributed by atoms with van der Waals surface area (Å²) in [7, 11) is 0. The molecule has 0 bridgehead atoms. The molecule has 0 atom stereocenters. The van der Waals surface area contributed by atoms with Crippen molar-refractivity contribution in [2.75, 3.05) is 13.2 Å². The zero-order valence-corrected chi connectivity index (χ0v) is 12.4. The summed E-state index contributed by atoms with van der Waals surface area (Å²) < 4.78 is 1.84. The Bertz CT molecular complexity index is 623. The van der Waals surface area contributed by atoms with Crippen molar-refractivity contribution in [2.24, 2.45) is 0 Å². The van der Waals surface area contributed by atoms with Gasteiger partial charge in [0.2, 0.25) is 0 Å².